The highest BCUT2D eigenvalue weighted by Crippen LogP contribution is 2.38. The first kappa shape index (κ1) is 11.6. The van der Waals surface area contributed by atoms with Crippen molar-refractivity contribution in [1.82, 2.24) is 0 Å². The lowest BCUT2D eigenvalue weighted by Gasteiger charge is -2.10. The fraction of sp³-hybridized carbons (Fsp3) is 0.385. The summed E-state index contributed by atoms with van der Waals surface area (Å²) in [5.41, 5.74) is 2.07. The maximum absolute atomic E-state index is 11.9. The van der Waals surface area contributed by atoms with Crippen molar-refractivity contribution in [2.45, 2.75) is 19.8 Å². The molecule has 90 valence electrons. The summed E-state index contributed by atoms with van der Waals surface area (Å²) in [5.74, 6) is -0.633. The zero-order valence-electron chi connectivity index (χ0n) is 10.2. The molecule has 1 atom stereocenters. The van der Waals surface area contributed by atoms with Crippen molar-refractivity contribution >= 4 is 17.6 Å². The van der Waals surface area contributed by atoms with E-state index in [4.69, 9.17) is 4.74 Å². The predicted octanol–water partition coefficient (Wildman–Crippen LogP) is 1.94. The first-order valence-corrected chi connectivity index (χ1v) is 5.65. The second kappa shape index (κ2) is 4.20. The number of amides is 1. The maximum Gasteiger partial charge on any atom is 0.338 e. The van der Waals surface area contributed by atoms with Crippen LogP contribution in [0.1, 0.15) is 35.7 Å². The smallest absolute Gasteiger partial charge is 0.338 e. The molecular weight excluding hydrogens is 218 g/mol. The van der Waals surface area contributed by atoms with Gasteiger partial charge in [-0.1, -0.05) is 6.07 Å². The Kier molecular flexibility index (Phi) is 2.88. The lowest BCUT2D eigenvalue weighted by Crippen LogP contribution is -2.22. The van der Waals surface area contributed by atoms with Gasteiger partial charge in [-0.3, -0.25) is 4.79 Å². The molecule has 0 saturated carbocycles. The first-order chi connectivity index (χ1) is 8.07. The second-order valence-corrected chi connectivity index (χ2v) is 4.08. The maximum atomic E-state index is 11.9. The molecule has 4 nitrogen and oxygen atoms in total. The van der Waals surface area contributed by atoms with Crippen molar-refractivity contribution in [2.24, 2.45) is 0 Å². The van der Waals surface area contributed by atoms with Crippen LogP contribution in [0.2, 0.25) is 0 Å². The third-order valence-electron chi connectivity index (χ3n) is 3.07. The van der Waals surface area contributed by atoms with Gasteiger partial charge in [-0.2, -0.15) is 0 Å². The van der Waals surface area contributed by atoms with E-state index < -0.39 is 0 Å². The largest absolute Gasteiger partial charge is 0.462 e. The van der Waals surface area contributed by atoms with Crippen LogP contribution in [0.5, 0.6) is 0 Å². The fourth-order valence-corrected chi connectivity index (χ4v) is 2.22. The molecule has 0 radical (unpaired) electrons. The quantitative estimate of drug-likeness (QED) is 0.733. The summed E-state index contributed by atoms with van der Waals surface area (Å²) in [5, 5.41) is 0. The van der Waals surface area contributed by atoms with Crippen LogP contribution < -0.4 is 4.90 Å². The molecule has 17 heavy (non-hydrogen) atoms. The SMILES string of the molecule is CCOC(=O)c1cccc2c1C(C)C(=O)N2C. The molecule has 0 spiro atoms. The average molecular weight is 233 g/mol. The highest BCUT2D eigenvalue weighted by molar-refractivity contribution is 6.08. The molecule has 4 heteroatoms. The van der Waals surface area contributed by atoms with Gasteiger partial charge >= 0.3 is 5.97 Å². The Bertz CT molecular complexity index is 482. The molecule has 0 N–H and O–H groups in total. The number of rotatable bonds is 2. The van der Waals surface area contributed by atoms with Crippen LogP contribution in [0.15, 0.2) is 18.2 Å². The summed E-state index contributed by atoms with van der Waals surface area (Å²) in [6.07, 6.45) is 0. The molecule has 0 aromatic heterocycles. The molecule has 0 saturated heterocycles. The minimum absolute atomic E-state index is 0.0109. The highest BCUT2D eigenvalue weighted by Gasteiger charge is 2.35. The fourth-order valence-electron chi connectivity index (χ4n) is 2.22. The number of anilines is 1. The van der Waals surface area contributed by atoms with Gasteiger partial charge in [-0.05, 0) is 26.0 Å². The van der Waals surface area contributed by atoms with E-state index in [1.807, 2.05) is 13.0 Å². The number of hydrogen-bond donors (Lipinski definition) is 0. The number of hydrogen-bond acceptors (Lipinski definition) is 3. The van der Waals surface area contributed by atoms with Gasteiger partial charge in [0.15, 0.2) is 0 Å². The van der Waals surface area contributed by atoms with Crippen molar-refractivity contribution in [2.75, 3.05) is 18.6 Å². The second-order valence-electron chi connectivity index (χ2n) is 4.08. The van der Waals surface area contributed by atoms with Crippen LogP contribution in [0, 0.1) is 0 Å². The van der Waals surface area contributed by atoms with Gasteiger partial charge in [0.25, 0.3) is 0 Å². The van der Waals surface area contributed by atoms with Crippen molar-refractivity contribution < 1.29 is 14.3 Å². The number of ether oxygens (including phenoxy) is 1. The number of carbonyl (C=O) groups excluding carboxylic acids is 2. The topological polar surface area (TPSA) is 46.6 Å². The molecule has 0 fully saturated rings. The van der Waals surface area contributed by atoms with Crippen LogP contribution in [-0.4, -0.2) is 25.5 Å². The van der Waals surface area contributed by atoms with Crippen LogP contribution in [0.4, 0.5) is 5.69 Å². The van der Waals surface area contributed by atoms with Crippen molar-refractivity contribution in [3.63, 3.8) is 0 Å². The van der Waals surface area contributed by atoms with Gasteiger partial charge in [0.05, 0.1) is 18.1 Å². The summed E-state index contributed by atoms with van der Waals surface area (Å²) in [6.45, 7) is 3.91. The Hall–Kier alpha value is -1.84. The number of fused-ring (bicyclic) bond motifs is 1. The highest BCUT2D eigenvalue weighted by atomic mass is 16.5. The number of nitrogens with zero attached hydrogens (tertiary/aromatic N) is 1. The van der Waals surface area contributed by atoms with Gasteiger partial charge in [0, 0.05) is 18.3 Å². The molecule has 1 heterocycles. The third kappa shape index (κ3) is 1.69. The van der Waals surface area contributed by atoms with Crippen molar-refractivity contribution in [1.29, 1.82) is 0 Å². The van der Waals surface area contributed by atoms with Gasteiger partial charge in [-0.15, -0.1) is 0 Å². The normalized spacial score (nSPS) is 18.2. The van der Waals surface area contributed by atoms with Crippen LogP contribution in [0.25, 0.3) is 0 Å². The van der Waals surface area contributed by atoms with E-state index in [1.165, 1.54) is 0 Å². The predicted molar refractivity (Wildman–Crippen MR) is 64.2 cm³/mol. The first-order valence-electron chi connectivity index (χ1n) is 5.65. The summed E-state index contributed by atoms with van der Waals surface area (Å²) >= 11 is 0. The van der Waals surface area contributed by atoms with Crippen LogP contribution in [-0.2, 0) is 9.53 Å². The summed E-state index contributed by atoms with van der Waals surface area (Å²) in [4.78, 5) is 25.3. The number of benzene rings is 1. The Labute approximate surface area is 100 Å². The molecule has 1 aromatic carbocycles. The molecule has 1 unspecified atom stereocenters. The Balaban J connectivity index is 2.52. The van der Waals surface area contributed by atoms with Crippen LogP contribution >= 0.6 is 0 Å². The van der Waals surface area contributed by atoms with E-state index in [0.717, 1.165) is 11.3 Å². The lowest BCUT2D eigenvalue weighted by molar-refractivity contribution is -0.118. The van der Waals surface area contributed by atoms with Crippen LogP contribution in [0.3, 0.4) is 0 Å². The lowest BCUT2D eigenvalue weighted by atomic mass is 9.97. The molecule has 1 amide bonds. The molecule has 1 aromatic rings. The van der Waals surface area contributed by atoms with Gasteiger partial charge < -0.3 is 9.64 Å². The number of likely N-dealkylation sites (N-methyl/N-ethyl adjacent to an activating group) is 1. The molecule has 1 aliphatic heterocycles. The van der Waals surface area contributed by atoms with E-state index in [2.05, 4.69) is 0 Å². The Morgan fingerprint density at radius 1 is 1.47 bits per heavy atom. The van der Waals surface area contributed by atoms with Gasteiger partial charge in [0.2, 0.25) is 5.91 Å². The molecular formula is C13H15NO3. The monoisotopic (exact) mass is 233 g/mol. The van der Waals surface area contributed by atoms with E-state index >= 15 is 0 Å². The molecule has 1 aliphatic rings. The zero-order valence-corrected chi connectivity index (χ0v) is 10.2. The van der Waals surface area contributed by atoms with E-state index in [-0.39, 0.29) is 17.8 Å². The standard InChI is InChI=1S/C13H15NO3/c1-4-17-13(16)9-6-5-7-10-11(9)8(2)12(15)14(10)3/h5-8H,4H2,1-3H3. The molecule has 0 aliphatic carbocycles. The molecule has 2 rings (SSSR count). The minimum atomic E-state index is -0.362. The minimum Gasteiger partial charge on any atom is -0.462 e. The van der Waals surface area contributed by atoms with Gasteiger partial charge in [0.1, 0.15) is 0 Å². The average Bonchev–Trinajstić information content (AvgIpc) is 2.55. The number of carbonyl (C=O) groups is 2. The van der Waals surface area contributed by atoms with E-state index in [0.29, 0.717) is 12.2 Å². The van der Waals surface area contributed by atoms with Crippen molar-refractivity contribution in [3.8, 4) is 0 Å². The molecule has 0 bridgehead atoms. The third-order valence-corrected chi connectivity index (χ3v) is 3.07. The van der Waals surface area contributed by atoms with Gasteiger partial charge in [-0.25, -0.2) is 4.79 Å². The Morgan fingerprint density at radius 3 is 2.82 bits per heavy atom. The summed E-state index contributed by atoms with van der Waals surface area (Å²) in [7, 11) is 1.72. The summed E-state index contributed by atoms with van der Waals surface area (Å²) < 4.78 is 5.00. The van der Waals surface area contributed by atoms with E-state index in [9.17, 15) is 9.59 Å². The zero-order chi connectivity index (χ0) is 12.6. The number of esters is 1. The Morgan fingerprint density at radius 2 is 2.18 bits per heavy atom. The summed E-state index contributed by atoms with van der Waals surface area (Å²) in [6, 6.07) is 5.33. The van der Waals surface area contributed by atoms with E-state index in [1.54, 1.807) is 31.0 Å². The van der Waals surface area contributed by atoms with Crippen molar-refractivity contribution in [3.05, 3.63) is 29.3 Å².